The van der Waals surface area contributed by atoms with Crippen LogP contribution in [-0.4, -0.2) is 46.7 Å². The van der Waals surface area contributed by atoms with Gasteiger partial charge < -0.3 is 14.7 Å². The number of phenolic OH excluding ortho intramolecular Hbond substituents is 1. The molecule has 0 spiro atoms. The summed E-state index contributed by atoms with van der Waals surface area (Å²) in [6.45, 7) is 4.01. The van der Waals surface area contributed by atoms with Crippen molar-refractivity contribution in [3.63, 3.8) is 0 Å². The van der Waals surface area contributed by atoms with Gasteiger partial charge in [0, 0.05) is 37.7 Å². The highest BCUT2D eigenvalue weighted by Gasteiger charge is 2.28. The Labute approximate surface area is 173 Å². The van der Waals surface area contributed by atoms with Crippen LogP contribution in [0.3, 0.4) is 0 Å². The molecule has 0 radical (unpaired) electrons. The van der Waals surface area contributed by atoms with E-state index in [1.54, 1.807) is 29.7 Å². The van der Waals surface area contributed by atoms with E-state index < -0.39 is 0 Å². The molecular formula is C21H23N3O2S2. The molecule has 5 nitrogen and oxygen atoms in total. The van der Waals surface area contributed by atoms with Crippen molar-refractivity contribution in [2.45, 2.75) is 16.9 Å². The molecule has 2 aromatic heterocycles. The van der Waals surface area contributed by atoms with E-state index in [1.165, 1.54) is 4.21 Å². The van der Waals surface area contributed by atoms with Crippen molar-refractivity contribution in [2.24, 2.45) is 0 Å². The van der Waals surface area contributed by atoms with Crippen LogP contribution in [-0.2, 0) is 11.3 Å². The summed E-state index contributed by atoms with van der Waals surface area (Å²) in [4.78, 5) is 6.53. The maximum absolute atomic E-state index is 9.61. The van der Waals surface area contributed by atoms with Crippen LogP contribution in [0.15, 0.2) is 70.5 Å². The predicted molar refractivity (Wildman–Crippen MR) is 115 cm³/mol. The van der Waals surface area contributed by atoms with Crippen LogP contribution in [0.1, 0.15) is 5.56 Å². The van der Waals surface area contributed by atoms with Crippen LogP contribution in [0, 0.1) is 0 Å². The standard InChI is InChI=1S/C21H23N3O2S2/c25-20-7-5-18(6-8-20)24-11-10-23(28-21-4-2-12-27-21)14-19(24)16-26-15-17-3-1-9-22-13-17/h1-9,12-13,19,25H,10-11,14-16H2. The Morgan fingerprint density at radius 3 is 2.79 bits per heavy atom. The summed E-state index contributed by atoms with van der Waals surface area (Å²) in [5.41, 5.74) is 2.20. The van der Waals surface area contributed by atoms with Crippen molar-refractivity contribution < 1.29 is 9.84 Å². The predicted octanol–water partition coefficient (Wildman–Crippen LogP) is 4.26. The zero-order valence-electron chi connectivity index (χ0n) is 15.5. The lowest BCUT2D eigenvalue weighted by atomic mass is 10.1. The number of phenols is 1. The Hall–Kier alpha value is -2.06. The molecule has 1 aromatic carbocycles. The van der Waals surface area contributed by atoms with Crippen LogP contribution in [0.2, 0.25) is 0 Å². The first-order valence-corrected chi connectivity index (χ1v) is 10.9. The summed E-state index contributed by atoms with van der Waals surface area (Å²) in [5, 5.41) is 11.7. The van der Waals surface area contributed by atoms with Gasteiger partial charge in [-0.1, -0.05) is 12.1 Å². The summed E-state index contributed by atoms with van der Waals surface area (Å²) < 4.78 is 9.78. The second kappa shape index (κ2) is 9.43. The quantitative estimate of drug-likeness (QED) is 0.584. The van der Waals surface area contributed by atoms with Gasteiger partial charge in [-0.25, -0.2) is 4.31 Å². The van der Waals surface area contributed by atoms with Gasteiger partial charge in [-0.3, -0.25) is 4.98 Å². The Morgan fingerprint density at radius 2 is 2.04 bits per heavy atom. The topological polar surface area (TPSA) is 48.8 Å². The highest BCUT2D eigenvalue weighted by molar-refractivity contribution is 7.98. The number of nitrogens with zero attached hydrogens (tertiary/aromatic N) is 3. The van der Waals surface area contributed by atoms with Gasteiger partial charge in [0.2, 0.25) is 0 Å². The van der Waals surface area contributed by atoms with Gasteiger partial charge in [-0.05, 0) is 59.3 Å². The maximum Gasteiger partial charge on any atom is 0.115 e. The average molecular weight is 414 g/mol. The lowest BCUT2D eigenvalue weighted by Gasteiger charge is -2.42. The van der Waals surface area contributed by atoms with E-state index in [4.69, 9.17) is 4.74 Å². The minimum absolute atomic E-state index is 0.238. The van der Waals surface area contributed by atoms with Gasteiger partial charge in [0.25, 0.3) is 0 Å². The highest BCUT2D eigenvalue weighted by atomic mass is 32.2. The molecule has 146 valence electrons. The van der Waals surface area contributed by atoms with Gasteiger partial charge in [0.15, 0.2) is 0 Å². The number of aromatic nitrogens is 1. The fourth-order valence-corrected chi connectivity index (χ4v) is 5.19. The van der Waals surface area contributed by atoms with E-state index in [2.05, 4.69) is 31.7 Å². The third-order valence-electron chi connectivity index (χ3n) is 4.64. The van der Waals surface area contributed by atoms with E-state index >= 15 is 0 Å². The number of ether oxygens (including phenoxy) is 1. The lowest BCUT2D eigenvalue weighted by Crippen LogP contribution is -2.53. The Morgan fingerprint density at radius 1 is 1.14 bits per heavy atom. The molecule has 0 saturated carbocycles. The molecule has 3 aromatic rings. The second-order valence-corrected chi connectivity index (χ2v) is 9.00. The minimum atomic E-state index is 0.238. The monoisotopic (exact) mass is 413 g/mol. The van der Waals surface area contributed by atoms with Crippen molar-refractivity contribution in [3.8, 4) is 5.75 Å². The van der Waals surface area contributed by atoms with Gasteiger partial charge in [-0.15, -0.1) is 11.3 Å². The van der Waals surface area contributed by atoms with Gasteiger partial charge in [-0.2, -0.15) is 0 Å². The summed E-state index contributed by atoms with van der Waals surface area (Å²) >= 11 is 3.60. The number of piperazine rings is 1. The molecule has 1 aliphatic heterocycles. The Balaban J connectivity index is 1.43. The van der Waals surface area contributed by atoms with E-state index in [0.717, 1.165) is 30.9 Å². The fraction of sp³-hybridized carbons (Fsp3) is 0.286. The van der Waals surface area contributed by atoms with Crippen molar-refractivity contribution in [3.05, 3.63) is 71.9 Å². The number of rotatable bonds is 7. The smallest absolute Gasteiger partial charge is 0.115 e. The number of benzene rings is 1. The van der Waals surface area contributed by atoms with Crippen molar-refractivity contribution in [2.75, 3.05) is 31.1 Å². The molecule has 0 aliphatic carbocycles. The van der Waals surface area contributed by atoms with Crippen LogP contribution < -0.4 is 4.90 Å². The maximum atomic E-state index is 9.61. The molecule has 0 bridgehead atoms. The molecule has 1 saturated heterocycles. The van der Waals surface area contributed by atoms with Crippen LogP contribution >= 0.6 is 23.3 Å². The zero-order valence-corrected chi connectivity index (χ0v) is 17.1. The lowest BCUT2D eigenvalue weighted by molar-refractivity contribution is 0.0957. The normalized spacial score (nSPS) is 17.7. The van der Waals surface area contributed by atoms with E-state index in [0.29, 0.717) is 19.0 Å². The number of thiophene rings is 1. The summed E-state index contributed by atoms with van der Waals surface area (Å²) in [6, 6.07) is 15.9. The number of hydrogen-bond donors (Lipinski definition) is 1. The van der Waals surface area contributed by atoms with E-state index in [1.807, 2.05) is 42.4 Å². The van der Waals surface area contributed by atoms with Crippen LogP contribution in [0.5, 0.6) is 5.75 Å². The first-order valence-electron chi connectivity index (χ1n) is 9.27. The van der Waals surface area contributed by atoms with Crippen LogP contribution in [0.4, 0.5) is 5.69 Å². The first-order chi connectivity index (χ1) is 13.8. The number of hydrogen-bond acceptors (Lipinski definition) is 7. The SMILES string of the molecule is Oc1ccc(N2CCN(Sc3cccs3)CC2COCc2cccnc2)cc1. The third kappa shape index (κ3) is 5.05. The fourth-order valence-electron chi connectivity index (χ4n) is 3.28. The molecule has 3 heterocycles. The summed E-state index contributed by atoms with van der Waals surface area (Å²) in [5.74, 6) is 0.292. The Bertz CT molecular complexity index is 844. The third-order valence-corrected chi connectivity index (χ3v) is 6.72. The minimum Gasteiger partial charge on any atom is -0.508 e. The molecule has 1 aliphatic rings. The van der Waals surface area contributed by atoms with Crippen molar-refractivity contribution in [1.29, 1.82) is 0 Å². The summed E-state index contributed by atoms with van der Waals surface area (Å²) in [6.07, 6.45) is 3.62. The first kappa shape index (κ1) is 19.3. The van der Waals surface area contributed by atoms with Gasteiger partial charge in [0.1, 0.15) is 5.75 Å². The summed E-state index contributed by atoms with van der Waals surface area (Å²) in [7, 11) is 0. The zero-order chi connectivity index (χ0) is 19.2. The van der Waals surface area contributed by atoms with E-state index in [-0.39, 0.29) is 6.04 Å². The van der Waals surface area contributed by atoms with Crippen LogP contribution in [0.25, 0.3) is 0 Å². The molecule has 4 rings (SSSR count). The second-order valence-electron chi connectivity index (χ2n) is 6.65. The molecule has 7 heteroatoms. The largest absolute Gasteiger partial charge is 0.508 e. The molecule has 1 atom stereocenters. The molecule has 1 fully saturated rings. The molecule has 0 amide bonds. The van der Waals surface area contributed by atoms with E-state index in [9.17, 15) is 5.11 Å². The van der Waals surface area contributed by atoms with Crippen molar-refractivity contribution >= 4 is 29.0 Å². The molecule has 1 unspecified atom stereocenters. The molecule has 28 heavy (non-hydrogen) atoms. The molecule has 1 N–H and O–H groups in total. The van der Waals surface area contributed by atoms with Crippen molar-refractivity contribution in [1.82, 2.24) is 9.29 Å². The highest BCUT2D eigenvalue weighted by Crippen LogP contribution is 2.31. The molecular weight excluding hydrogens is 390 g/mol. The average Bonchev–Trinajstić information content (AvgIpc) is 3.23. The van der Waals surface area contributed by atoms with Gasteiger partial charge >= 0.3 is 0 Å². The number of pyridine rings is 1. The Kier molecular flexibility index (Phi) is 6.49. The number of aromatic hydroxyl groups is 1. The van der Waals surface area contributed by atoms with Gasteiger partial charge in [0.05, 0.1) is 23.5 Å². The number of anilines is 1.